The number of anilines is 2. The summed E-state index contributed by atoms with van der Waals surface area (Å²) in [6, 6.07) is 9.96. The molecule has 2 aliphatic rings. The molecule has 2 saturated heterocycles. The molecular formula is C22H26N6OS. The molecule has 7 nitrogen and oxygen atoms in total. The molecule has 0 N–H and O–H groups in total. The Morgan fingerprint density at radius 1 is 0.900 bits per heavy atom. The van der Waals surface area contributed by atoms with E-state index in [9.17, 15) is 4.79 Å². The van der Waals surface area contributed by atoms with Crippen LogP contribution in [-0.2, 0) is 0 Å². The van der Waals surface area contributed by atoms with Crippen LogP contribution in [0.25, 0.3) is 10.2 Å². The number of hydrogen-bond donors (Lipinski definition) is 0. The summed E-state index contributed by atoms with van der Waals surface area (Å²) in [5, 5.41) is 0.579. The third-order valence-electron chi connectivity index (χ3n) is 5.84. The molecule has 1 amide bonds. The average molecular weight is 423 g/mol. The molecule has 2 aromatic heterocycles. The summed E-state index contributed by atoms with van der Waals surface area (Å²) < 4.78 is 1.06. The number of carbonyl (C=O) groups is 1. The van der Waals surface area contributed by atoms with Gasteiger partial charge in [-0.2, -0.15) is 4.98 Å². The first-order valence-corrected chi connectivity index (χ1v) is 11.5. The Morgan fingerprint density at radius 2 is 1.67 bits per heavy atom. The van der Waals surface area contributed by atoms with Gasteiger partial charge >= 0.3 is 0 Å². The van der Waals surface area contributed by atoms with Gasteiger partial charge in [-0.3, -0.25) is 4.79 Å². The summed E-state index contributed by atoms with van der Waals surface area (Å²) in [5.74, 6) is 1.84. The van der Waals surface area contributed by atoms with Gasteiger partial charge in [-0.1, -0.05) is 12.1 Å². The highest BCUT2D eigenvalue weighted by Gasteiger charge is 2.26. The first-order valence-electron chi connectivity index (χ1n) is 10.7. The van der Waals surface area contributed by atoms with Crippen molar-refractivity contribution in [3.63, 3.8) is 0 Å². The molecule has 30 heavy (non-hydrogen) atoms. The van der Waals surface area contributed by atoms with Crippen molar-refractivity contribution in [3.8, 4) is 0 Å². The molecule has 0 bridgehead atoms. The SMILES string of the molecule is Cc1cc(N2CCN(C(=O)c3nc4ccccc4s3)CC2)nc(N2CCCCC2)n1. The number of aryl methyl sites for hydroxylation is 1. The Labute approximate surface area is 180 Å². The Bertz CT molecular complexity index is 1020. The van der Waals surface area contributed by atoms with Crippen LogP contribution in [-0.4, -0.2) is 65.0 Å². The Balaban J connectivity index is 1.27. The molecule has 0 aliphatic carbocycles. The van der Waals surface area contributed by atoms with Crippen LogP contribution >= 0.6 is 11.3 Å². The Morgan fingerprint density at radius 3 is 2.43 bits per heavy atom. The van der Waals surface area contributed by atoms with Crippen LogP contribution in [0, 0.1) is 6.92 Å². The second kappa shape index (κ2) is 8.18. The van der Waals surface area contributed by atoms with Crippen molar-refractivity contribution in [1.82, 2.24) is 19.9 Å². The van der Waals surface area contributed by atoms with Crippen molar-refractivity contribution in [2.45, 2.75) is 26.2 Å². The number of piperazine rings is 1. The molecule has 0 radical (unpaired) electrons. The molecule has 4 heterocycles. The number of para-hydroxylation sites is 1. The Kier molecular flexibility index (Phi) is 5.25. The standard InChI is InChI=1S/C22H26N6OS/c1-16-15-19(25-22(23-16)28-9-5-2-6-10-28)26-11-13-27(14-12-26)21(29)20-24-17-7-3-4-8-18(17)30-20/h3-4,7-8,15H,2,5-6,9-14H2,1H3. The maximum absolute atomic E-state index is 13.0. The fourth-order valence-electron chi connectivity index (χ4n) is 4.17. The van der Waals surface area contributed by atoms with Crippen LogP contribution in [0.1, 0.15) is 34.8 Å². The Hall–Kier alpha value is -2.74. The van der Waals surface area contributed by atoms with E-state index in [1.807, 2.05) is 36.1 Å². The van der Waals surface area contributed by atoms with Gasteiger partial charge in [0, 0.05) is 51.0 Å². The number of carbonyl (C=O) groups excluding carboxylic acids is 1. The number of piperidine rings is 1. The van der Waals surface area contributed by atoms with Crippen LogP contribution in [0.15, 0.2) is 30.3 Å². The van der Waals surface area contributed by atoms with E-state index in [2.05, 4.69) is 25.8 Å². The molecule has 0 atom stereocenters. The third-order valence-corrected chi connectivity index (χ3v) is 6.86. The summed E-state index contributed by atoms with van der Waals surface area (Å²) in [6.45, 7) is 7.00. The minimum absolute atomic E-state index is 0.0312. The van der Waals surface area contributed by atoms with Gasteiger partial charge in [-0.25, -0.2) is 9.97 Å². The second-order valence-electron chi connectivity index (χ2n) is 7.98. The van der Waals surface area contributed by atoms with Gasteiger partial charge in [0.1, 0.15) is 5.82 Å². The lowest BCUT2D eigenvalue weighted by Crippen LogP contribution is -2.49. The average Bonchev–Trinajstić information content (AvgIpc) is 3.23. The minimum atomic E-state index is 0.0312. The van der Waals surface area contributed by atoms with Crippen LogP contribution < -0.4 is 9.80 Å². The molecule has 5 rings (SSSR count). The highest BCUT2D eigenvalue weighted by atomic mass is 32.1. The van der Waals surface area contributed by atoms with Crippen molar-refractivity contribution in [2.24, 2.45) is 0 Å². The molecule has 0 unspecified atom stereocenters. The highest BCUT2D eigenvalue weighted by molar-refractivity contribution is 7.20. The van der Waals surface area contributed by atoms with E-state index in [1.165, 1.54) is 30.6 Å². The smallest absolute Gasteiger partial charge is 0.282 e. The van der Waals surface area contributed by atoms with Crippen molar-refractivity contribution in [2.75, 3.05) is 49.1 Å². The third kappa shape index (κ3) is 3.84. The summed E-state index contributed by atoms with van der Waals surface area (Å²) in [6.07, 6.45) is 3.71. The van der Waals surface area contributed by atoms with E-state index in [1.54, 1.807) is 0 Å². The molecule has 1 aromatic carbocycles. The normalized spacial score (nSPS) is 17.6. The maximum Gasteiger partial charge on any atom is 0.282 e. The van der Waals surface area contributed by atoms with Gasteiger partial charge in [0.25, 0.3) is 5.91 Å². The molecule has 0 spiro atoms. The van der Waals surface area contributed by atoms with Gasteiger partial charge in [0.05, 0.1) is 10.2 Å². The van der Waals surface area contributed by atoms with E-state index >= 15 is 0 Å². The van der Waals surface area contributed by atoms with E-state index in [4.69, 9.17) is 4.98 Å². The molecule has 2 aliphatic heterocycles. The molecule has 3 aromatic rings. The topological polar surface area (TPSA) is 65.5 Å². The molecule has 8 heteroatoms. The monoisotopic (exact) mass is 422 g/mol. The number of fused-ring (bicyclic) bond motifs is 1. The van der Waals surface area contributed by atoms with Crippen LogP contribution in [0.4, 0.5) is 11.8 Å². The number of rotatable bonds is 3. The lowest BCUT2D eigenvalue weighted by molar-refractivity contribution is 0.0746. The largest absolute Gasteiger partial charge is 0.353 e. The van der Waals surface area contributed by atoms with Gasteiger partial charge in [0.2, 0.25) is 5.95 Å². The van der Waals surface area contributed by atoms with Crippen LogP contribution in [0.2, 0.25) is 0 Å². The van der Waals surface area contributed by atoms with Gasteiger partial charge in [0.15, 0.2) is 5.01 Å². The van der Waals surface area contributed by atoms with Gasteiger partial charge in [-0.15, -0.1) is 11.3 Å². The molecule has 156 valence electrons. The summed E-state index contributed by atoms with van der Waals surface area (Å²) in [4.78, 5) is 33.5. The quantitative estimate of drug-likeness (QED) is 0.645. The fourth-order valence-corrected chi connectivity index (χ4v) is 5.11. The molecular weight excluding hydrogens is 396 g/mol. The van der Waals surface area contributed by atoms with E-state index < -0.39 is 0 Å². The number of aromatic nitrogens is 3. The lowest BCUT2D eigenvalue weighted by Gasteiger charge is -2.35. The van der Waals surface area contributed by atoms with Crippen molar-refractivity contribution in [1.29, 1.82) is 0 Å². The van der Waals surface area contributed by atoms with Crippen molar-refractivity contribution >= 4 is 39.2 Å². The first kappa shape index (κ1) is 19.2. The minimum Gasteiger partial charge on any atom is -0.353 e. The van der Waals surface area contributed by atoms with Crippen LogP contribution in [0.3, 0.4) is 0 Å². The number of amides is 1. The predicted octanol–water partition coefficient (Wildman–Crippen LogP) is 3.35. The first-order chi connectivity index (χ1) is 14.7. The van der Waals surface area contributed by atoms with E-state index in [-0.39, 0.29) is 5.91 Å². The number of benzene rings is 1. The van der Waals surface area contributed by atoms with Crippen molar-refractivity contribution < 1.29 is 4.79 Å². The van der Waals surface area contributed by atoms with E-state index in [0.29, 0.717) is 18.1 Å². The summed E-state index contributed by atoms with van der Waals surface area (Å²) >= 11 is 1.47. The molecule has 0 saturated carbocycles. The zero-order valence-electron chi connectivity index (χ0n) is 17.3. The van der Waals surface area contributed by atoms with Gasteiger partial charge in [-0.05, 0) is 38.3 Å². The second-order valence-corrected chi connectivity index (χ2v) is 9.01. The number of thiazole rings is 1. The van der Waals surface area contributed by atoms with E-state index in [0.717, 1.165) is 53.9 Å². The number of nitrogens with zero attached hydrogens (tertiary/aromatic N) is 6. The highest BCUT2D eigenvalue weighted by Crippen LogP contribution is 2.25. The maximum atomic E-state index is 13.0. The predicted molar refractivity (Wildman–Crippen MR) is 121 cm³/mol. The van der Waals surface area contributed by atoms with Crippen molar-refractivity contribution in [3.05, 3.63) is 41.0 Å². The lowest BCUT2D eigenvalue weighted by atomic mass is 10.1. The zero-order chi connectivity index (χ0) is 20.5. The number of hydrogen-bond acceptors (Lipinski definition) is 7. The van der Waals surface area contributed by atoms with Gasteiger partial charge < -0.3 is 14.7 Å². The molecule has 2 fully saturated rings. The van der Waals surface area contributed by atoms with Crippen LogP contribution in [0.5, 0.6) is 0 Å². The summed E-state index contributed by atoms with van der Waals surface area (Å²) in [7, 11) is 0. The summed E-state index contributed by atoms with van der Waals surface area (Å²) in [5.41, 5.74) is 1.89. The zero-order valence-corrected chi connectivity index (χ0v) is 18.1. The fraction of sp³-hybridized carbons (Fsp3) is 0.455.